The molecule has 0 radical (unpaired) electrons. The zero-order valence-electron chi connectivity index (χ0n) is 13.5. The first-order chi connectivity index (χ1) is 12.7. The predicted octanol–water partition coefficient (Wildman–Crippen LogP) is 4.96. The van der Waals surface area contributed by atoms with Gasteiger partial charge in [0.05, 0.1) is 21.2 Å². The van der Waals surface area contributed by atoms with Gasteiger partial charge in [-0.2, -0.15) is 24.5 Å². The van der Waals surface area contributed by atoms with Crippen LogP contribution >= 0.6 is 22.9 Å². The van der Waals surface area contributed by atoms with Crippen LogP contribution in [-0.2, 0) is 22.7 Å². The Morgan fingerprint density at radius 2 is 1.96 bits per heavy atom. The lowest BCUT2D eigenvalue weighted by Crippen LogP contribution is -2.24. The second kappa shape index (κ2) is 7.59. The highest BCUT2D eigenvalue weighted by Gasteiger charge is 2.34. The van der Waals surface area contributed by atoms with E-state index in [0.29, 0.717) is 17.3 Å². The third kappa shape index (κ3) is 4.49. The van der Waals surface area contributed by atoms with Gasteiger partial charge in [-0.1, -0.05) is 17.7 Å². The molecule has 2 aromatic heterocycles. The van der Waals surface area contributed by atoms with E-state index in [4.69, 9.17) is 11.6 Å². The number of rotatable bonds is 5. The zero-order valence-corrected chi connectivity index (χ0v) is 15.9. The number of hydrogen-bond acceptors (Lipinski definition) is 4. The van der Waals surface area contributed by atoms with E-state index in [2.05, 4.69) is 9.71 Å². The summed E-state index contributed by atoms with van der Waals surface area (Å²) in [6.07, 6.45) is -3.17. The maximum absolute atomic E-state index is 13.0. The number of alkyl halides is 3. The van der Waals surface area contributed by atoms with Crippen molar-refractivity contribution >= 4 is 33.0 Å². The third-order valence-electron chi connectivity index (χ3n) is 3.69. The van der Waals surface area contributed by atoms with Crippen LogP contribution in [0.5, 0.6) is 0 Å². The lowest BCUT2D eigenvalue weighted by Gasteiger charge is -2.13. The number of hydrogen-bond donors (Lipinski definition) is 1. The van der Waals surface area contributed by atoms with Gasteiger partial charge in [0, 0.05) is 23.7 Å². The van der Waals surface area contributed by atoms with Crippen LogP contribution in [0.3, 0.4) is 0 Å². The fourth-order valence-electron chi connectivity index (χ4n) is 2.39. The fraction of sp³-hybridized carbons (Fsp3) is 0.118. The highest BCUT2D eigenvalue weighted by molar-refractivity contribution is 7.89. The van der Waals surface area contributed by atoms with Crippen LogP contribution < -0.4 is 4.72 Å². The van der Waals surface area contributed by atoms with E-state index in [0.717, 1.165) is 17.7 Å². The van der Waals surface area contributed by atoms with Gasteiger partial charge in [0.15, 0.2) is 0 Å². The van der Waals surface area contributed by atoms with Crippen molar-refractivity contribution in [1.29, 1.82) is 0 Å². The highest BCUT2D eigenvalue weighted by Crippen LogP contribution is 2.36. The van der Waals surface area contributed by atoms with Crippen molar-refractivity contribution in [3.8, 4) is 11.3 Å². The third-order valence-corrected chi connectivity index (χ3v) is 6.10. The molecule has 4 nitrogen and oxygen atoms in total. The molecule has 0 aliphatic rings. The summed E-state index contributed by atoms with van der Waals surface area (Å²) < 4.78 is 66.1. The van der Waals surface area contributed by atoms with Crippen molar-refractivity contribution in [3.63, 3.8) is 0 Å². The van der Waals surface area contributed by atoms with E-state index in [-0.39, 0.29) is 6.54 Å². The van der Waals surface area contributed by atoms with Crippen LogP contribution in [0.25, 0.3) is 11.3 Å². The Balaban J connectivity index is 1.87. The molecule has 0 saturated carbocycles. The molecule has 3 aromatic rings. The van der Waals surface area contributed by atoms with Crippen molar-refractivity contribution in [1.82, 2.24) is 9.71 Å². The number of aromatic nitrogens is 1. The molecular formula is C17H12ClF3N2O2S2. The molecule has 142 valence electrons. The molecule has 10 heteroatoms. The lowest BCUT2D eigenvalue weighted by atomic mass is 10.1. The van der Waals surface area contributed by atoms with Gasteiger partial charge >= 0.3 is 6.18 Å². The SMILES string of the molecule is O=S(=O)(NCc1cccnc1-c1ccsc1)c1ccc(Cl)c(C(F)(F)F)c1. The molecule has 0 atom stereocenters. The first-order valence-corrected chi connectivity index (χ1v) is 10.3. The summed E-state index contributed by atoms with van der Waals surface area (Å²) >= 11 is 7.01. The molecule has 3 rings (SSSR count). The summed E-state index contributed by atoms with van der Waals surface area (Å²) in [5.41, 5.74) is 0.839. The average molecular weight is 433 g/mol. The van der Waals surface area contributed by atoms with Crippen LogP contribution in [0, 0.1) is 0 Å². The summed E-state index contributed by atoms with van der Waals surface area (Å²) in [5, 5.41) is 3.17. The van der Waals surface area contributed by atoms with Crippen molar-refractivity contribution in [2.45, 2.75) is 17.6 Å². The molecule has 0 aliphatic heterocycles. The molecule has 1 N–H and O–H groups in total. The van der Waals surface area contributed by atoms with Crippen LogP contribution in [0.1, 0.15) is 11.1 Å². The topological polar surface area (TPSA) is 59.1 Å². The maximum Gasteiger partial charge on any atom is 0.417 e. The monoisotopic (exact) mass is 432 g/mol. The first kappa shape index (κ1) is 19.8. The molecule has 1 aromatic carbocycles. The normalized spacial score (nSPS) is 12.3. The largest absolute Gasteiger partial charge is 0.417 e. The van der Waals surface area contributed by atoms with E-state index < -0.39 is 31.7 Å². The minimum absolute atomic E-state index is 0.120. The van der Waals surface area contributed by atoms with E-state index in [1.807, 2.05) is 16.8 Å². The molecule has 0 amide bonds. The van der Waals surface area contributed by atoms with E-state index in [1.165, 1.54) is 11.3 Å². The van der Waals surface area contributed by atoms with Crippen molar-refractivity contribution in [2.24, 2.45) is 0 Å². The molecule has 0 fully saturated rings. The number of pyridine rings is 1. The summed E-state index contributed by atoms with van der Waals surface area (Å²) in [5.74, 6) is 0. The minimum Gasteiger partial charge on any atom is -0.256 e. The summed E-state index contributed by atoms with van der Waals surface area (Å²) in [6, 6.07) is 7.67. The fourth-order valence-corrected chi connectivity index (χ4v) is 4.28. The average Bonchev–Trinajstić information content (AvgIpc) is 3.14. The Hall–Kier alpha value is -1.94. The number of benzene rings is 1. The van der Waals surface area contributed by atoms with Gasteiger partial charge in [-0.15, -0.1) is 0 Å². The van der Waals surface area contributed by atoms with Crippen molar-refractivity contribution < 1.29 is 21.6 Å². The van der Waals surface area contributed by atoms with Gasteiger partial charge in [-0.3, -0.25) is 4.98 Å². The lowest BCUT2D eigenvalue weighted by molar-refractivity contribution is -0.137. The van der Waals surface area contributed by atoms with Crippen LogP contribution in [0.4, 0.5) is 13.2 Å². The summed E-state index contributed by atoms with van der Waals surface area (Å²) in [6.45, 7) is -0.120. The quantitative estimate of drug-likeness (QED) is 0.619. The highest BCUT2D eigenvalue weighted by atomic mass is 35.5. The van der Waals surface area contributed by atoms with Gasteiger partial charge in [-0.05, 0) is 41.3 Å². The van der Waals surface area contributed by atoms with Gasteiger partial charge < -0.3 is 0 Å². The Bertz CT molecular complexity index is 1050. The van der Waals surface area contributed by atoms with Gasteiger partial charge in [0.25, 0.3) is 0 Å². The Kier molecular flexibility index (Phi) is 5.57. The Labute approximate surface area is 162 Å². The minimum atomic E-state index is -4.75. The van der Waals surface area contributed by atoms with Crippen LogP contribution in [0.2, 0.25) is 5.02 Å². The second-order valence-electron chi connectivity index (χ2n) is 5.49. The standard InChI is InChI=1S/C17H12ClF3N2O2S2/c18-15-4-3-13(8-14(15)17(19,20)21)27(24,25)23-9-11-2-1-6-22-16(11)12-5-7-26-10-12/h1-8,10,23H,9H2. The second-order valence-corrected chi connectivity index (χ2v) is 8.44. The Morgan fingerprint density at radius 3 is 2.63 bits per heavy atom. The Morgan fingerprint density at radius 1 is 1.19 bits per heavy atom. The summed E-state index contributed by atoms with van der Waals surface area (Å²) in [4.78, 5) is 3.74. The van der Waals surface area contributed by atoms with Crippen LogP contribution in [-0.4, -0.2) is 13.4 Å². The molecule has 0 spiro atoms. The summed E-state index contributed by atoms with van der Waals surface area (Å²) in [7, 11) is -4.18. The number of sulfonamides is 1. The molecular weight excluding hydrogens is 421 g/mol. The number of nitrogens with one attached hydrogen (secondary N) is 1. The van der Waals surface area contributed by atoms with E-state index in [9.17, 15) is 21.6 Å². The number of thiophene rings is 1. The smallest absolute Gasteiger partial charge is 0.256 e. The van der Waals surface area contributed by atoms with Crippen LogP contribution in [0.15, 0.2) is 58.3 Å². The van der Waals surface area contributed by atoms with E-state index in [1.54, 1.807) is 18.3 Å². The molecule has 2 heterocycles. The predicted molar refractivity (Wildman–Crippen MR) is 98.0 cm³/mol. The maximum atomic E-state index is 13.0. The van der Waals surface area contributed by atoms with Gasteiger partial charge in [0.2, 0.25) is 10.0 Å². The van der Waals surface area contributed by atoms with Crippen molar-refractivity contribution in [2.75, 3.05) is 0 Å². The van der Waals surface area contributed by atoms with Gasteiger partial charge in [-0.25, -0.2) is 13.1 Å². The first-order valence-electron chi connectivity index (χ1n) is 7.51. The number of nitrogens with zero attached hydrogens (tertiary/aromatic N) is 1. The molecule has 27 heavy (non-hydrogen) atoms. The number of halogens is 4. The van der Waals surface area contributed by atoms with E-state index >= 15 is 0 Å². The zero-order chi connectivity index (χ0) is 19.7. The van der Waals surface area contributed by atoms with Gasteiger partial charge in [0.1, 0.15) is 0 Å². The molecule has 0 saturated heterocycles. The van der Waals surface area contributed by atoms with Crippen molar-refractivity contribution in [3.05, 3.63) is 69.5 Å². The molecule has 0 unspecified atom stereocenters. The molecule has 0 aliphatic carbocycles. The molecule has 0 bridgehead atoms.